The normalized spacial score (nSPS) is 10.5. The molecule has 0 aliphatic heterocycles. The Bertz CT molecular complexity index is 665. The highest BCUT2D eigenvalue weighted by atomic mass is 19.1. The standard InChI is InChI=1S/C17H19FN2O/c1-13(2)17-19-6-7-20(17)12-15-9-14(5-3-4-8-21)10-16(18)11-15/h6-7,9-11,13,21H,4,8,12H2,1-2H3. The number of aromatic nitrogens is 2. The van der Waals surface area contributed by atoms with Gasteiger partial charge in [-0.25, -0.2) is 9.37 Å². The van der Waals surface area contributed by atoms with Crippen molar-refractivity contribution < 1.29 is 9.50 Å². The van der Waals surface area contributed by atoms with Gasteiger partial charge in [-0.15, -0.1) is 0 Å². The van der Waals surface area contributed by atoms with E-state index in [9.17, 15) is 4.39 Å². The first-order chi connectivity index (χ1) is 10.1. The van der Waals surface area contributed by atoms with Gasteiger partial charge in [0.2, 0.25) is 0 Å². The molecular formula is C17H19FN2O. The van der Waals surface area contributed by atoms with Crippen LogP contribution in [0.25, 0.3) is 0 Å². The average Bonchev–Trinajstić information content (AvgIpc) is 2.86. The SMILES string of the molecule is CC(C)c1nccn1Cc1cc(F)cc(C#CCCO)c1. The number of rotatable bonds is 4. The molecule has 1 aromatic heterocycles. The van der Waals surface area contributed by atoms with Crippen molar-refractivity contribution in [2.45, 2.75) is 32.7 Å². The molecule has 0 aliphatic rings. The van der Waals surface area contributed by atoms with Crippen LogP contribution in [0.3, 0.4) is 0 Å². The molecule has 1 N–H and O–H groups in total. The van der Waals surface area contributed by atoms with Crippen LogP contribution in [-0.2, 0) is 6.54 Å². The molecule has 3 nitrogen and oxygen atoms in total. The van der Waals surface area contributed by atoms with E-state index in [0.29, 0.717) is 24.4 Å². The Balaban J connectivity index is 2.24. The Kier molecular flexibility index (Phi) is 5.13. The molecule has 110 valence electrons. The predicted octanol–water partition coefficient (Wildman–Crippen LogP) is 2.93. The van der Waals surface area contributed by atoms with E-state index >= 15 is 0 Å². The first-order valence-electron chi connectivity index (χ1n) is 7.00. The summed E-state index contributed by atoms with van der Waals surface area (Å²) in [4.78, 5) is 4.33. The molecule has 0 saturated carbocycles. The maximum absolute atomic E-state index is 13.7. The van der Waals surface area contributed by atoms with E-state index in [1.807, 2.05) is 16.8 Å². The maximum Gasteiger partial charge on any atom is 0.124 e. The molecular weight excluding hydrogens is 267 g/mol. The molecule has 21 heavy (non-hydrogen) atoms. The van der Waals surface area contributed by atoms with E-state index in [2.05, 4.69) is 30.7 Å². The fourth-order valence-corrected chi connectivity index (χ4v) is 2.19. The summed E-state index contributed by atoms with van der Waals surface area (Å²) in [5, 5.41) is 8.72. The summed E-state index contributed by atoms with van der Waals surface area (Å²) in [7, 11) is 0. The van der Waals surface area contributed by atoms with Gasteiger partial charge in [-0.05, 0) is 23.8 Å². The molecule has 0 spiro atoms. The van der Waals surface area contributed by atoms with Crippen LogP contribution in [-0.4, -0.2) is 21.3 Å². The molecule has 0 fully saturated rings. The minimum absolute atomic E-state index is 0.0158. The van der Waals surface area contributed by atoms with E-state index in [0.717, 1.165) is 11.4 Å². The molecule has 0 radical (unpaired) electrons. The average molecular weight is 286 g/mol. The number of aliphatic hydroxyl groups excluding tert-OH is 1. The largest absolute Gasteiger partial charge is 0.395 e. The van der Waals surface area contributed by atoms with E-state index in [1.165, 1.54) is 12.1 Å². The van der Waals surface area contributed by atoms with E-state index < -0.39 is 0 Å². The number of hydrogen-bond acceptors (Lipinski definition) is 2. The second-order valence-electron chi connectivity index (χ2n) is 5.19. The van der Waals surface area contributed by atoms with E-state index in [1.54, 1.807) is 6.20 Å². The lowest BCUT2D eigenvalue weighted by molar-refractivity contribution is 0.305. The molecule has 2 aromatic rings. The summed E-state index contributed by atoms with van der Waals surface area (Å²) in [5.41, 5.74) is 1.48. The van der Waals surface area contributed by atoms with Crippen LogP contribution in [0.5, 0.6) is 0 Å². The van der Waals surface area contributed by atoms with Crippen molar-refractivity contribution in [3.63, 3.8) is 0 Å². The Hall–Kier alpha value is -2.12. The second-order valence-corrected chi connectivity index (χ2v) is 5.19. The van der Waals surface area contributed by atoms with E-state index in [4.69, 9.17) is 5.11 Å². The number of imidazole rings is 1. The smallest absolute Gasteiger partial charge is 0.124 e. The number of benzene rings is 1. The Labute approximate surface area is 124 Å². The molecule has 1 aromatic carbocycles. The lowest BCUT2D eigenvalue weighted by atomic mass is 10.1. The van der Waals surface area contributed by atoms with E-state index in [-0.39, 0.29) is 12.4 Å². The lowest BCUT2D eigenvalue weighted by Crippen LogP contribution is -2.06. The molecule has 4 heteroatoms. The Morgan fingerprint density at radius 3 is 2.86 bits per heavy atom. The minimum Gasteiger partial charge on any atom is -0.395 e. The monoisotopic (exact) mass is 286 g/mol. The van der Waals surface area contributed by atoms with Gasteiger partial charge in [0.15, 0.2) is 0 Å². The van der Waals surface area contributed by atoms with Crippen LogP contribution in [0.2, 0.25) is 0 Å². The molecule has 2 rings (SSSR count). The van der Waals surface area contributed by atoms with Crippen molar-refractivity contribution in [2.75, 3.05) is 6.61 Å². The zero-order valence-electron chi connectivity index (χ0n) is 12.3. The fourth-order valence-electron chi connectivity index (χ4n) is 2.19. The fraction of sp³-hybridized carbons (Fsp3) is 0.353. The third kappa shape index (κ3) is 4.17. The number of nitrogens with zero attached hydrogens (tertiary/aromatic N) is 2. The van der Waals surface area contributed by atoms with Crippen LogP contribution in [0.4, 0.5) is 4.39 Å². The van der Waals surface area contributed by atoms with Gasteiger partial charge in [-0.2, -0.15) is 0 Å². The zero-order valence-corrected chi connectivity index (χ0v) is 12.3. The van der Waals surface area contributed by atoms with Gasteiger partial charge >= 0.3 is 0 Å². The zero-order chi connectivity index (χ0) is 15.2. The summed E-state index contributed by atoms with van der Waals surface area (Å²) in [6.07, 6.45) is 4.05. The van der Waals surface area contributed by atoms with Gasteiger partial charge in [-0.3, -0.25) is 0 Å². The third-order valence-corrected chi connectivity index (χ3v) is 3.04. The quantitative estimate of drug-likeness (QED) is 0.878. The minimum atomic E-state index is -0.299. The highest BCUT2D eigenvalue weighted by Gasteiger charge is 2.08. The summed E-state index contributed by atoms with van der Waals surface area (Å²) in [5.74, 6) is 6.67. The van der Waals surface area contributed by atoms with Crippen LogP contribution < -0.4 is 0 Å². The first-order valence-corrected chi connectivity index (χ1v) is 7.00. The highest BCUT2D eigenvalue weighted by Crippen LogP contribution is 2.15. The predicted molar refractivity (Wildman–Crippen MR) is 80.4 cm³/mol. The van der Waals surface area contributed by atoms with Crippen molar-refractivity contribution in [2.24, 2.45) is 0 Å². The Morgan fingerprint density at radius 1 is 1.33 bits per heavy atom. The van der Waals surface area contributed by atoms with Crippen LogP contribution in [0.15, 0.2) is 30.6 Å². The summed E-state index contributed by atoms with van der Waals surface area (Å²) in [6.45, 7) is 4.74. The number of aliphatic hydroxyl groups is 1. The third-order valence-electron chi connectivity index (χ3n) is 3.04. The van der Waals surface area contributed by atoms with Crippen molar-refractivity contribution in [1.29, 1.82) is 0 Å². The van der Waals surface area contributed by atoms with Crippen LogP contribution >= 0.6 is 0 Å². The molecule has 0 amide bonds. The molecule has 0 saturated heterocycles. The van der Waals surface area contributed by atoms with Gasteiger partial charge in [-0.1, -0.05) is 25.7 Å². The van der Waals surface area contributed by atoms with Gasteiger partial charge < -0.3 is 9.67 Å². The van der Waals surface area contributed by atoms with Crippen molar-refractivity contribution in [3.05, 3.63) is 53.4 Å². The first kappa shape index (κ1) is 15.3. The molecule has 0 unspecified atom stereocenters. The molecule has 0 bridgehead atoms. The second kappa shape index (κ2) is 7.05. The number of halogens is 1. The van der Waals surface area contributed by atoms with Gasteiger partial charge in [0.05, 0.1) is 6.61 Å². The van der Waals surface area contributed by atoms with Crippen LogP contribution in [0.1, 0.15) is 43.1 Å². The topological polar surface area (TPSA) is 38.0 Å². The highest BCUT2D eigenvalue weighted by molar-refractivity contribution is 5.38. The van der Waals surface area contributed by atoms with Gasteiger partial charge in [0.25, 0.3) is 0 Å². The van der Waals surface area contributed by atoms with Crippen molar-refractivity contribution in [1.82, 2.24) is 9.55 Å². The molecule has 0 aliphatic carbocycles. The van der Waals surface area contributed by atoms with Gasteiger partial charge in [0, 0.05) is 36.8 Å². The van der Waals surface area contributed by atoms with Crippen LogP contribution in [0, 0.1) is 17.7 Å². The lowest BCUT2D eigenvalue weighted by Gasteiger charge is -2.10. The van der Waals surface area contributed by atoms with Gasteiger partial charge in [0.1, 0.15) is 11.6 Å². The summed E-state index contributed by atoms with van der Waals surface area (Å²) < 4.78 is 15.7. The molecule has 0 atom stereocenters. The maximum atomic E-state index is 13.7. The Morgan fingerprint density at radius 2 is 2.14 bits per heavy atom. The summed E-state index contributed by atoms with van der Waals surface area (Å²) in [6, 6.07) is 4.80. The number of hydrogen-bond donors (Lipinski definition) is 1. The van der Waals surface area contributed by atoms with Crippen molar-refractivity contribution in [3.8, 4) is 11.8 Å². The summed E-state index contributed by atoms with van der Waals surface area (Å²) >= 11 is 0. The molecule has 1 heterocycles. The van der Waals surface area contributed by atoms with Crippen molar-refractivity contribution >= 4 is 0 Å².